The molecule has 92 valence electrons. The van der Waals surface area contributed by atoms with E-state index in [9.17, 15) is 4.79 Å². The molecular formula is C11H13ClN2O2S. The van der Waals surface area contributed by atoms with Gasteiger partial charge in [0.2, 0.25) is 0 Å². The highest BCUT2D eigenvalue weighted by atomic mass is 35.5. The standard InChI is InChI=1S/C11H13ClN2O2S/c1-7(15)6-13-11(17)14-10(16)8-4-2-3-5-9(8)12/h2-5,7,15H,6H2,1H3,(H2,13,14,16,17). The predicted octanol–water partition coefficient (Wildman–Crippen LogP) is 1.33. The molecule has 17 heavy (non-hydrogen) atoms. The monoisotopic (exact) mass is 272 g/mol. The number of hydrogen-bond acceptors (Lipinski definition) is 3. The van der Waals surface area contributed by atoms with Gasteiger partial charge in [-0.25, -0.2) is 0 Å². The third-order valence-electron chi connectivity index (χ3n) is 1.90. The summed E-state index contributed by atoms with van der Waals surface area (Å²) in [7, 11) is 0. The highest BCUT2D eigenvalue weighted by molar-refractivity contribution is 7.80. The molecule has 1 aromatic carbocycles. The number of hydrogen-bond donors (Lipinski definition) is 3. The lowest BCUT2D eigenvalue weighted by Crippen LogP contribution is -2.41. The van der Waals surface area contributed by atoms with Crippen molar-refractivity contribution < 1.29 is 9.90 Å². The normalized spacial score (nSPS) is 11.7. The van der Waals surface area contributed by atoms with E-state index in [4.69, 9.17) is 28.9 Å². The van der Waals surface area contributed by atoms with E-state index in [-0.39, 0.29) is 17.6 Å². The molecule has 3 N–H and O–H groups in total. The highest BCUT2D eigenvalue weighted by Gasteiger charge is 2.10. The van der Waals surface area contributed by atoms with Crippen molar-refractivity contribution in [3.8, 4) is 0 Å². The average Bonchev–Trinajstić information content (AvgIpc) is 2.26. The third kappa shape index (κ3) is 4.68. The maximum absolute atomic E-state index is 11.7. The Labute approximate surface area is 110 Å². The van der Waals surface area contributed by atoms with E-state index in [2.05, 4.69) is 10.6 Å². The Morgan fingerprint density at radius 1 is 1.53 bits per heavy atom. The summed E-state index contributed by atoms with van der Waals surface area (Å²) in [6.45, 7) is 1.90. The van der Waals surface area contributed by atoms with E-state index >= 15 is 0 Å². The molecule has 1 amide bonds. The van der Waals surface area contributed by atoms with Crippen LogP contribution in [0.15, 0.2) is 24.3 Å². The molecular weight excluding hydrogens is 260 g/mol. The summed E-state index contributed by atoms with van der Waals surface area (Å²) in [5.74, 6) is -0.376. The fourth-order valence-corrected chi connectivity index (χ4v) is 1.50. The van der Waals surface area contributed by atoms with Crippen molar-refractivity contribution in [1.29, 1.82) is 0 Å². The minimum atomic E-state index is -0.537. The fraction of sp³-hybridized carbons (Fsp3) is 0.273. The Hall–Kier alpha value is -1.17. The molecule has 1 rings (SSSR count). The topological polar surface area (TPSA) is 61.4 Å². The quantitative estimate of drug-likeness (QED) is 0.727. The van der Waals surface area contributed by atoms with Gasteiger partial charge >= 0.3 is 0 Å². The second-order valence-electron chi connectivity index (χ2n) is 3.49. The van der Waals surface area contributed by atoms with Gasteiger partial charge in [-0.2, -0.15) is 0 Å². The zero-order valence-corrected chi connectivity index (χ0v) is 10.8. The number of aliphatic hydroxyl groups is 1. The molecule has 0 aromatic heterocycles. The molecule has 0 spiro atoms. The smallest absolute Gasteiger partial charge is 0.258 e. The van der Waals surface area contributed by atoms with Crippen LogP contribution in [0.2, 0.25) is 5.02 Å². The SMILES string of the molecule is CC(O)CNC(=S)NC(=O)c1ccccc1Cl. The Morgan fingerprint density at radius 3 is 2.76 bits per heavy atom. The molecule has 0 aliphatic rings. The summed E-state index contributed by atoms with van der Waals surface area (Å²) in [6.07, 6.45) is -0.537. The Bertz CT molecular complexity index is 424. The lowest BCUT2D eigenvalue weighted by molar-refractivity contribution is 0.0976. The predicted molar refractivity (Wildman–Crippen MR) is 71.2 cm³/mol. The van der Waals surface area contributed by atoms with Crippen LogP contribution in [0.25, 0.3) is 0 Å². The Morgan fingerprint density at radius 2 is 2.18 bits per heavy atom. The van der Waals surface area contributed by atoms with Crippen LogP contribution >= 0.6 is 23.8 Å². The van der Waals surface area contributed by atoms with E-state index in [0.717, 1.165) is 0 Å². The van der Waals surface area contributed by atoms with Crippen molar-refractivity contribution >= 4 is 34.8 Å². The first-order valence-corrected chi connectivity index (χ1v) is 5.81. The van der Waals surface area contributed by atoms with Crippen LogP contribution in [-0.4, -0.2) is 28.8 Å². The van der Waals surface area contributed by atoms with Gasteiger partial charge in [0.05, 0.1) is 16.7 Å². The van der Waals surface area contributed by atoms with Crippen molar-refractivity contribution in [1.82, 2.24) is 10.6 Å². The molecule has 6 heteroatoms. The number of carbonyl (C=O) groups is 1. The first-order valence-electron chi connectivity index (χ1n) is 5.02. The number of aliphatic hydroxyl groups excluding tert-OH is 1. The molecule has 1 atom stereocenters. The molecule has 0 saturated carbocycles. The van der Waals surface area contributed by atoms with Gasteiger partial charge in [0, 0.05) is 6.54 Å². The number of benzene rings is 1. The van der Waals surface area contributed by atoms with Gasteiger partial charge in [-0.1, -0.05) is 23.7 Å². The zero-order valence-electron chi connectivity index (χ0n) is 9.24. The van der Waals surface area contributed by atoms with Gasteiger partial charge in [0.25, 0.3) is 5.91 Å². The number of rotatable bonds is 3. The average molecular weight is 273 g/mol. The summed E-state index contributed by atoms with van der Waals surface area (Å²) in [6, 6.07) is 6.69. The molecule has 0 aliphatic heterocycles. The molecule has 0 aliphatic carbocycles. The number of nitrogens with one attached hydrogen (secondary N) is 2. The van der Waals surface area contributed by atoms with Gasteiger partial charge in [-0.3, -0.25) is 10.1 Å². The lowest BCUT2D eigenvalue weighted by atomic mass is 10.2. The van der Waals surface area contributed by atoms with Crippen LogP contribution in [0.4, 0.5) is 0 Å². The largest absolute Gasteiger partial charge is 0.392 e. The minimum absolute atomic E-state index is 0.163. The summed E-state index contributed by atoms with van der Waals surface area (Å²) in [4.78, 5) is 11.7. The van der Waals surface area contributed by atoms with Crippen LogP contribution in [0.1, 0.15) is 17.3 Å². The van der Waals surface area contributed by atoms with Crippen LogP contribution in [0.3, 0.4) is 0 Å². The van der Waals surface area contributed by atoms with Crippen LogP contribution < -0.4 is 10.6 Å². The summed E-state index contributed by atoms with van der Waals surface area (Å²) < 4.78 is 0. The van der Waals surface area contributed by atoms with Crippen molar-refractivity contribution in [3.05, 3.63) is 34.9 Å². The van der Waals surface area contributed by atoms with Crippen molar-refractivity contribution in [3.63, 3.8) is 0 Å². The molecule has 0 radical (unpaired) electrons. The van der Waals surface area contributed by atoms with Gasteiger partial charge in [-0.15, -0.1) is 0 Å². The first-order chi connectivity index (χ1) is 8.00. The van der Waals surface area contributed by atoms with Crippen LogP contribution in [0, 0.1) is 0 Å². The van der Waals surface area contributed by atoms with Crippen molar-refractivity contribution in [2.45, 2.75) is 13.0 Å². The van der Waals surface area contributed by atoms with Gasteiger partial charge < -0.3 is 10.4 Å². The second-order valence-corrected chi connectivity index (χ2v) is 4.31. The van der Waals surface area contributed by atoms with E-state index in [1.807, 2.05) is 0 Å². The molecule has 0 bridgehead atoms. The molecule has 0 saturated heterocycles. The van der Waals surface area contributed by atoms with Crippen LogP contribution in [-0.2, 0) is 0 Å². The van der Waals surface area contributed by atoms with E-state index in [1.54, 1.807) is 31.2 Å². The molecule has 1 aromatic rings. The van der Waals surface area contributed by atoms with E-state index in [1.165, 1.54) is 0 Å². The molecule has 0 fully saturated rings. The lowest BCUT2D eigenvalue weighted by Gasteiger charge is -2.11. The minimum Gasteiger partial charge on any atom is -0.392 e. The molecule has 1 unspecified atom stereocenters. The number of carbonyl (C=O) groups excluding carboxylic acids is 1. The maximum atomic E-state index is 11.7. The summed E-state index contributed by atoms with van der Waals surface area (Å²) >= 11 is 10.8. The number of halogens is 1. The van der Waals surface area contributed by atoms with Gasteiger partial charge in [0.15, 0.2) is 5.11 Å². The van der Waals surface area contributed by atoms with E-state index < -0.39 is 6.10 Å². The molecule has 0 heterocycles. The fourth-order valence-electron chi connectivity index (χ4n) is 1.10. The third-order valence-corrected chi connectivity index (χ3v) is 2.48. The summed E-state index contributed by atoms with van der Waals surface area (Å²) in [5.41, 5.74) is 0.357. The second kappa shape index (κ2) is 6.54. The first kappa shape index (κ1) is 13.9. The highest BCUT2D eigenvalue weighted by Crippen LogP contribution is 2.14. The van der Waals surface area contributed by atoms with E-state index in [0.29, 0.717) is 10.6 Å². The van der Waals surface area contributed by atoms with Gasteiger partial charge in [-0.05, 0) is 31.3 Å². The molecule has 4 nitrogen and oxygen atoms in total. The number of thiocarbonyl (C=S) groups is 1. The summed E-state index contributed by atoms with van der Waals surface area (Å²) in [5, 5.41) is 14.8. The Balaban J connectivity index is 2.55. The van der Waals surface area contributed by atoms with Crippen LogP contribution in [0.5, 0.6) is 0 Å². The maximum Gasteiger partial charge on any atom is 0.258 e. The number of amides is 1. The Kier molecular flexibility index (Phi) is 5.34. The van der Waals surface area contributed by atoms with Gasteiger partial charge in [0.1, 0.15) is 0 Å². The van der Waals surface area contributed by atoms with Crippen molar-refractivity contribution in [2.75, 3.05) is 6.54 Å². The zero-order chi connectivity index (χ0) is 12.8. The van der Waals surface area contributed by atoms with Crippen molar-refractivity contribution in [2.24, 2.45) is 0 Å².